The van der Waals surface area contributed by atoms with Crippen LogP contribution in [-0.2, 0) is 30.2 Å². The van der Waals surface area contributed by atoms with Crippen LogP contribution >= 0.6 is 24.0 Å². The number of ketones is 1. The topological polar surface area (TPSA) is 80.8 Å². The van der Waals surface area contributed by atoms with Gasteiger partial charge in [0, 0.05) is 50.0 Å². The Kier molecular flexibility index (Phi) is 75.9. The Balaban J connectivity index is -0.0000000359. The van der Waals surface area contributed by atoms with E-state index in [0.29, 0.717) is 5.41 Å². The number of thiocarbonyl (C=S) groups is 1. The van der Waals surface area contributed by atoms with Crippen molar-refractivity contribution in [2.24, 2.45) is 5.41 Å². The van der Waals surface area contributed by atoms with E-state index in [9.17, 15) is 17.4 Å². The normalized spacial score (nSPS) is 8.55. The van der Waals surface area contributed by atoms with Gasteiger partial charge in [0.05, 0.1) is 0 Å². The first-order valence-corrected chi connectivity index (χ1v) is 18.1. The lowest BCUT2D eigenvalue weighted by Gasteiger charge is -2.05. The zero-order chi connectivity index (χ0) is 33.9. The third kappa shape index (κ3) is 2910. The van der Waals surface area contributed by atoms with Crippen LogP contribution in [0.3, 0.4) is 0 Å². The molecule has 0 atom stereocenters. The molecular formula is C28H69NO5S4. The summed E-state index contributed by atoms with van der Waals surface area (Å²) in [6.45, 7) is 24.1. The molecule has 10 heteroatoms. The molecule has 0 saturated heterocycles. The van der Waals surface area contributed by atoms with E-state index < -0.39 is 20.6 Å². The van der Waals surface area contributed by atoms with Crippen LogP contribution in [0.4, 0.5) is 0 Å². The van der Waals surface area contributed by atoms with Gasteiger partial charge >= 0.3 is 0 Å². The monoisotopic (exact) mass is 627 g/mol. The Morgan fingerprint density at radius 1 is 0.789 bits per heavy atom. The minimum atomic E-state index is -2.67. The number of nitrogens with zero attached hydrogens (tertiary/aromatic N) is 1. The maximum Gasteiger partial charge on any atom is 0.144 e. The lowest BCUT2D eigenvalue weighted by molar-refractivity contribution is -0.115. The molecule has 0 saturated carbocycles. The van der Waals surface area contributed by atoms with Gasteiger partial charge in [-0.2, -0.15) is 11.8 Å². The molecule has 0 radical (unpaired) electrons. The largest absolute Gasteiger partial charge is 0.388 e. The number of carbonyl (C=O) groups excluding carboxylic acids is 1. The molecule has 0 aliphatic heterocycles. The van der Waals surface area contributed by atoms with Crippen molar-refractivity contribution >= 4 is 55.3 Å². The Hall–Kier alpha value is -0.130. The summed E-state index contributed by atoms with van der Waals surface area (Å²) in [4.78, 5) is 12.4. The number of hydrogen-bond acceptors (Lipinski definition) is 8. The summed E-state index contributed by atoms with van der Waals surface area (Å²) in [5.74, 6) is 0.167. The molecule has 0 aromatic rings. The minimum absolute atomic E-state index is 0.167. The number of carbonyl (C=O) groups is 1. The molecule has 240 valence electrons. The maximum absolute atomic E-state index is 9.63. The summed E-state index contributed by atoms with van der Waals surface area (Å²) < 4.78 is 33.1. The number of thioether (sulfide) groups is 1. The van der Waals surface area contributed by atoms with Crippen molar-refractivity contribution < 1.29 is 22.2 Å². The highest BCUT2D eigenvalue weighted by Crippen LogP contribution is 2.08. The molecule has 0 fully saturated rings. The molecular weight excluding hydrogens is 559 g/mol. The second kappa shape index (κ2) is 46.7. The van der Waals surface area contributed by atoms with Gasteiger partial charge < -0.3 is 14.4 Å². The van der Waals surface area contributed by atoms with Gasteiger partial charge in [0.1, 0.15) is 15.6 Å². The SMILES string of the molecule is CC(C)(C)C.CC(C)=C(C)C.CC(C)=O.CC(C)=S.CN(C)C.COC.CS(C)(=O)=O.CS(C)=O.CSC. The van der Waals surface area contributed by atoms with Crippen LogP contribution < -0.4 is 0 Å². The molecule has 0 spiro atoms. The lowest BCUT2D eigenvalue weighted by atomic mass is 10.0. The summed E-state index contributed by atoms with van der Waals surface area (Å²) in [5, 5.41) is 0. The van der Waals surface area contributed by atoms with Crippen molar-refractivity contribution in [3.05, 3.63) is 11.1 Å². The summed E-state index contributed by atoms with van der Waals surface area (Å²) in [6.07, 6.45) is 9.68. The summed E-state index contributed by atoms with van der Waals surface area (Å²) in [5.41, 5.74) is 3.35. The third-order valence-electron chi connectivity index (χ3n) is 1.00. The first-order chi connectivity index (χ1) is 16.4. The van der Waals surface area contributed by atoms with E-state index in [-0.39, 0.29) is 5.78 Å². The molecule has 0 unspecified atom stereocenters. The highest BCUT2D eigenvalue weighted by molar-refractivity contribution is 7.97. The van der Waals surface area contributed by atoms with E-state index in [4.69, 9.17) is 0 Å². The van der Waals surface area contributed by atoms with Crippen LogP contribution in [0, 0.1) is 5.41 Å². The summed E-state index contributed by atoms with van der Waals surface area (Å²) in [6, 6.07) is 0. The fraction of sp³-hybridized carbons (Fsp3) is 0.857. The maximum atomic E-state index is 9.63. The first kappa shape index (κ1) is 61.8. The Morgan fingerprint density at radius 3 is 0.816 bits per heavy atom. The van der Waals surface area contributed by atoms with E-state index >= 15 is 0 Å². The van der Waals surface area contributed by atoms with Gasteiger partial charge in [-0.15, -0.1) is 0 Å². The van der Waals surface area contributed by atoms with Crippen molar-refractivity contribution in [2.45, 2.75) is 83.1 Å². The zero-order valence-corrected chi connectivity index (χ0v) is 32.9. The van der Waals surface area contributed by atoms with Crippen molar-refractivity contribution in [1.29, 1.82) is 0 Å². The second-order valence-corrected chi connectivity index (χ2v) is 16.3. The average Bonchev–Trinajstić information content (AvgIpc) is 2.50. The minimum Gasteiger partial charge on any atom is -0.388 e. The number of Topliss-reactive ketones (excluding diaryl/α,β-unsaturated/α-hetero) is 1. The number of allylic oxidation sites excluding steroid dienone is 2. The van der Waals surface area contributed by atoms with Gasteiger partial charge in [-0.1, -0.05) is 51.1 Å². The highest BCUT2D eigenvalue weighted by Gasteiger charge is 1.95. The fourth-order valence-corrected chi connectivity index (χ4v) is 0. The summed E-state index contributed by atoms with van der Waals surface area (Å²) >= 11 is 6.29. The number of sulfone groups is 1. The van der Waals surface area contributed by atoms with E-state index in [2.05, 4.69) is 72.3 Å². The molecule has 0 aliphatic rings. The van der Waals surface area contributed by atoms with E-state index in [0.717, 1.165) is 17.4 Å². The second-order valence-electron chi connectivity index (χ2n) is 10.9. The molecule has 0 amide bonds. The van der Waals surface area contributed by atoms with Crippen LogP contribution in [0.5, 0.6) is 0 Å². The molecule has 0 heterocycles. The van der Waals surface area contributed by atoms with E-state index in [1.165, 1.54) is 25.0 Å². The first-order valence-electron chi connectivity index (χ1n) is 11.8. The highest BCUT2D eigenvalue weighted by atomic mass is 32.2. The molecule has 0 bridgehead atoms. The van der Waals surface area contributed by atoms with Crippen molar-refractivity contribution in [3.63, 3.8) is 0 Å². The number of hydrogen-bond donors (Lipinski definition) is 0. The van der Waals surface area contributed by atoms with Gasteiger partial charge in [-0.05, 0) is 99.3 Å². The molecule has 0 aromatic carbocycles. The Bertz CT molecular complexity index is 546. The quantitative estimate of drug-likeness (QED) is 0.202. The molecule has 0 N–H and O–H groups in total. The molecule has 38 heavy (non-hydrogen) atoms. The van der Waals surface area contributed by atoms with Crippen molar-refractivity contribution in [2.75, 3.05) is 72.9 Å². The molecule has 0 rings (SSSR count). The van der Waals surface area contributed by atoms with Gasteiger partial charge in [0.25, 0.3) is 0 Å². The Morgan fingerprint density at radius 2 is 0.816 bits per heavy atom. The van der Waals surface area contributed by atoms with Gasteiger partial charge in [0.15, 0.2) is 0 Å². The van der Waals surface area contributed by atoms with Crippen LogP contribution in [0.25, 0.3) is 0 Å². The van der Waals surface area contributed by atoms with Crippen LogP contribution in [0.15, 0.2) is 11.1 Å². The van der Waals surface area contributed by atoms with E-state index in [1.54, 1.807) is 38.5 Å². The van der Waals surface area contributed by atoms with Gasteiger partial charge in [-0.3, -0.25) is 4.21 Å². The predicted octanol–water partition coefficient (Wildman–Crippen LogP) is 7.48. The Labute approximate surface area is 253 Å². The predicted molar refractivity (Wildman–Crippen MR) is 188 cm³/mol. The van der Waals surface area contributed by atoms with Crippen LogP contribution in [0.1, 0.15) is 83.1 Å². The van der Waals surface area contributed by atoms with E-state index in [1.807, 2.05) is 52.4 Å². The molecule has 6 nitrogen and oxygen atoms in total. The van der Waals surface area contributed by atoms with Crippen LogP contribution in [-0.4, -0.2) is 101 Å². The van der Waals surface area contributed by atoms with Crippen LogP contribution in [0.2, 0.25) is 0 Å². The number of ether oxygens (including phenoxy) is 1. The summed E-state index contributed by atoms with van der Waals surface area (Å²) in [7, 11) is 5.97. The number of methoxy groups -OCH3 is 1. The van der Waals surface area contributed by atoms with Gasteiger partial charge in [-0.25, -0.2) is 8.42 Å². The molecule has 0 aliphatic carbocycles. The lowest BCUT2D eigenvalue weighted by Crippen LogP contribution is -1.99. The van der Waals surface area contributed by atoms with Crippen molar-refractivity contribution in [3.8, 4) is 0 Å². The third-order valence-corrected chi connectivity index (χ3v) is 1.00. The van der Waals surface area contributed by atoms with Gasteiger partial charge in [0.2, 0.25) is 0 Å². The van der Waals surface area contributed by atoms with Crippen molar-refractivity contribution in [1.82, 2.24) is 4.90 Å². The number of rotatable bonds is 0. The fourth-order valence-electron chi connectivity index (χ4n) is 0. The average molecular weight is 628 g/mol. The standard InChI is InChI=1S/C6H12.C5H12.C3H9N.C3H6O.C3H6S.C2H6O2S.C2H6OS.C2H6O.C2H6S/c1-5(2)6(3)4;1-5(2,3)4;1-4(2)3;2*1-3(2)4;1-5(2,3)4;1-4(2)3;2*1-3-2/h1-4H3;1-4H3;1-3H3;2*1-2H3;1-2H3;1-2H3;2*1-2H3. The molecule has 0 aromatic heterocycles. The smallest absolute Gasteiger partial charge is 0.144 e. The zero-order valence-electron chi connectivity index (χ0n) is 29.6.